The van der Waals surface area contributed by atoms with Crippen LogP contribution in [0.4, 0.5) is 0 Å². The normalized spacial score (nSPS) is 31.6. The van der Waals surface area contributed by atoms with Gasteiger partial charge < -0.3 is 9.64 Å². The number of hydrogen-bond acceptors (Lipinski definition) is 3. The van der Waals surface area contributed by atoms with Gasteiger partial charge in [-0.25, -0.2) is 0 Å². The summed E-state index contributed by atoms with van der Waals surface area (Å²) < 4.78 is 5.47. The summed E-state index contributed by atoms with van der Waals surface area (Å²) in [7, 11) is 1.68. The number of hydrogen-bond donors (Lipinski definition) is 1. The van der Waals surface area contributed by atoms with E-state index in [1.54, 1.807) is 7.11 Å². The van der Waals surface area contributed by atoms with E-state index < -0.39 is 0 Å². The molecular formula is C17H24N2O2. The Bertz CT molecular complexity index is 531. The zero-order valence-electron chi connectivity index (χ0n) is 13.0. The lowest BCUT2D eigenvalue weighted by Gasteiger charge is -2.26. The van der Waals surface area contributed by atoms with Gasteiger partial charge in [0.15, 0.2) is 0 Å². The van der Waals surface area contributed by atoms with E-state index in [0.29, 0.717) is 5.92 Å². The summed E-state index contributed by atoms with van der Waals surface area (Å²) in [6, 6.07) is 7.89. The van der Waals surface area contributed by atoms with Gasteiger partial charge in [-0.3, -0.25) is 10.1 Å². The lowest BCUT2D eigenvalue weighted by Crippen LogP contribution is -2.33. The van der Waals surface area contributed by atoms with E-state index in [1.807, 2.05) is 29.2 Å². The summed E-state index contributed by atoms with van der Waals surface area (Å²) in [5.74, 6) is 2.47. The summed E-state index contributed by atoms with van der Waals surface area (Å²) in [5, 5.41) is 3.48. The number of nitrogens with one attached hydrogen (secondary N) is 1. The maximum atomic E-state index is 12.6. The predicted octanol–water partition coefficient (Wildman–Crippen LogP) is 2.56. The van der Waals surface area contributed by atoms with E-state index in [9.17, 15) is 4.79 Å². The van der Waals surface area contributed by atoms with Crippen LogP contribution < -0.4 is 10.1 Å². The summed E-state index contributed by atoms with van der Waals surface area (Å²) >= 11 is 0. The molecule has 1 aliphatic carbocycles. The predicted molar refractivity (Wildman–Crippen MR) is 81.9 cm³/mol. The molecule has 4 nitrogen and oxygen atoms in total. The molecule has 0 aromatic heterocycles. The van der Waals surface area contributed by atoms with Crippen LogP contribution in [-0.4, -0.2) is 30.5 Å². The third kappa shape index (κ3) is 2.64. The molecule has 4 atom stereocenters. The molecule has 114 valence electrons. The van der Waals surface area contributed by atoms with Crippen LogP contribution in [0, 0.1) is 11.8 Å². The summed E-state index contributed by atoms with van der Waals surface area (Å²) in [4.78, 5) is 14.6. The van der Waals surface area contributed by atoms with Crippen LogP contribution in [0.5, 0.6) is 5.75 Å². The average Bonchev–Trinajstić information content (AvgIpc) is 3.11. The van der Waals surface area contributed by atoms with Crippen LogP contribution in [0.25, 0.3) is 0 Å². The highest BCUT2D eigenvalue weighted by molar-refractivity contribution is 5.84. The fourth-order valence-corrected chi connectivity index (χ4v) is 3.22. The lowest BCUT2D eigenvalue weighted by atomic mass is 10.1. The molecular weight excluding hydrogens is 264 g/mol. The van der Waals surface area contributed by atoms with Crippen molar-refractivity contribution >= 4 is 5.91 Å². The van der Waals surface area contributed by atoms with Crippen LogP contribution in [0.2, 0.25) is 0 Å². The molecule has 2 fully saturated rings. The first-order valence-electron chi connectivity index (χ1n) is 7.85. The van der Waals surface area contributed by atoms with Crippen molar-refractivity contribution in [1.82, 2.24) is 10.2 Å². The highest BCUT2D eigenvalue weighted by atomic mass is 16.5. The van der Waals surface area contributed by atoms with Gasteiger partial charge in [0.2, 0.25) is 5.91 Å². The second kappa shape index (κ2) is 5.68. The minimum absolute atomic E-state index is 0.0635. The van der Waals surface area contributed by atoms with Crippen LogP contribution in [-0.2, 0) is 4.79 Å². The van der Waals surface area contributed by atoms with Crippen molar-refractivity contribution in [3.63, 3.8) is 0 Å². The van der Waals surface area contributed by atoms with Gasteiger partial charge in [0.05, 0.1) is 13.2 Å². The number of nitrogens with zero attached hydrogens (tertiary/aromatic N) is 1. The molecule has 4 unspecified atom stereocenters. The third-order valence-electron chi connectivity index (χ3n) is 4.80. The van der Waals surface area contributed by atoms with Crippen molar-refractivity contribution in [2.45, 2.75) is 38.9 Å². The quantitative estimate of drug-likeness (QED) is 0.905. The van der Waals surface area contributed by atoms with E-state index in [4.69, 9.17) is 4.74 Å². The van der Waals surface area contributed by atoms with Crippen molar-refractivity contribution < 1.29 is 9.53 Å². The molecule has 1 saturated heterocycles. The minimum atomic E-state index is -0.0750. The smallest absolute Gasteiger partial charge is 0.241 e. The van der Waals surface area contributed by atoms with Gasteiger partial charge in [0, 0.05) is 12.1 Å². The summed E-state index contributed by atoms with van der Waals surface area (Å²) in [6.45, 7) is 5.17. The number of rotatable bonds is 5. The number of ether oxygens (including phenoxy) is 1. The van der Waals surface area contributed by atoms with Crippen molar-refractivity contribution in [1.29, 1.82) is 0 Å². The van der Waals surface area contributed by atoms with E-state index in [-0.39, 0.29) is 18.1 Å². The Morgan fingerprint density at radius 1 is 1.38 bits per heavy atom. The molecule has 1 aromatic carbocycles. The molecule has 2 aliphatic rings. The van der Waals surface area contributed by atoms with E-state index in [1.165, 1.54) is 6.42 Å². The van der Waals surface area contributed by atoms with E-state index in [2.05, 4.69) is 19.2 Å². The zero-order valence-corrected chi connectivity index (χ0v) is 13.0. The van der Waals surface area contributed by atoms with Crippen LogP contribution >= 0.6 is 0 Å². The first-order valence-corrected chi connectivity index (χ1v) is 7.85. The second-order valence-electron chi connectivity index (χ2n) is 6.24. The van der Waals surface area contributed by atoms with Gasteiger partial charge in [-0.1, -0.05) is 32.0 Å². The molecule has 1 heterocycles. The average molecular weight is 288 g/mol. The Kier molecular flexibility index (Phi) is 3.89. The molecule has 1 aromatic rings. The van der Waals surface area contributed by atoms with Crippen molar-refractivity contribution in [2.75, 3.05) is 13.7 Å². The first-order chi connectivity index (χ1) is 10.2. The zero-order chi connectivity index (χ0) is 15.0. The van der Waals surface area contributed by atoms with Gasteiger partial charge >= 0.3 is 0 Å². The molecule has 0 radical (unpaired) electrons. The minimum Gasteiger partial charge on any atom is -0.496 e. The molecule has 3 rings (SSSR count). The Hall–Kier alpha value is -1.55. The van der Waals surface area contributed by atoms with Gasteiger partial charge in [-0.15, -0.1) is 0 Å². The number of para-hydroxylation sites is 1. The maximum absolute atomic E-state index is 12.6. The van der Waals surface area contributed by atoms with E-state index >= 15 is 0 Å². The van der Waals surface area contributed by atoms with Crippen LogP contribution in [0.3, 0.4) is 0 Å². The van der Waals surface area contributed by atoms with Crippen LogP contribution in [0.15, 0.2) is 24.3 Å². The molecule has 1 aliphatic heterocycles. The highest BCUT2D eigenvalue weighted by Crippen LogP contribution is 2.41. The Balaban J connectivity index is 1.88. The third-order valence-corrected chi connectivity index (χ3v) is 4.80. The van der Waals surface area contributed by atoms with Crippen molar-refractivity contribution in [3.8, 4) is 5.75 Å². The van der Waals surface area contributed by atoms with E-state index in [0.717, 1.165) is 30.2 Å². The first kappa shape index (κ1) is 14.4. The fraction of sp³-hybridized carbons (Fsp3) is 0.588. The van der Waals surface area contributed by atoms with Crippen molar-refractivity contribution in [3.05, 3.63) is 29.8 Å². The summed E-state index contributed by atoms with van der Waals surface area (Å²) in [5.41, 5.74) is 1.05. The molecule has 1 saturated carbocycles. The summed E-state index contributed by atoms with van der Waals surface area (Å²) in [6.07, 6.45) is 1.99. The molecule has 1 amide bonds. The monoisotopic (exact) mass is 288 g/mol. The number of carbonyl (C=O) groups is 1. The molecule has 1 N–H and O–H groups in total. The topological polar surface area (TPSA) is 41.6 Å². The number of benzene rings is 1. The van der Waals surface area contributed by atoms with Gasteiger partial charge in [-0.05, 0) is 30.7 Å². The second-order valence-corrected chi connectivity index (χ2v) is 6.24. The van der Waals surface area contributed by atoms with Gasteiger partial charge in [0.1, 0.15) is 11.9 Å². The Labute approximate surface area is 126 Å². The number of amides is 1. The standard InChI is InChI=1S/C17H24N2O2/c1-4-14-17(20)19(10-12-9-11(12)2)16(18-14)13-7-5-6-8-15(13)21-3/h5-8,11-12,14,16,18H,4,9-10H2,1-3H3. The maximum Gasteiger partial charge on any atom is 0.241 e. The SMILES string of the molecule is CCC1NC(c2ccccc2OC)N(CC2CC2C)C1=O. The Morgan fingerprint density at radius 3 is 2.71 bits per heavy atom. The van der Waals surface area contributed by atoms with Gasteiger partial charge in [-0.2, -0.15) is 0 Å². The van der Waals surface area contributed by atoms with Gasteiger partial charge in [0.25, 0.3) is 0 Å². The number of carbonyl (C=O) groups excluding carboxylic acids is 1. The van der Waals surface area contributed by atoms with Crippen molar-refractivity contribution in [2.24, 2.45) is 11.8 Å². The molecule has 0 bridgehead atoms. The highest BCUT2D eigenvalue weighted by Gasteiger charge is 2.44. The van der Waals surface area contributed by atoms with Crippen LogP contribution in [0.1, 0.15) is 38.4 Å². The molecule has 21 heavy (non-hydrogen) atoms. The largest absolute Gasteiger partial charge is 0.496 e. The fourth-order valence-electron chi connectivity index (χ4n) is 3.22. The Morgan fingerprint density at radius 2 is 2.10 bits per heavy atom. The lowest BCUT2D eigenvalue weighted by molar-refractivity contribution is -0.130. The molecule has 0 spiro atoms. The molecule has 4 heteroatoms. The number of methoxy groups -OCH3 is 1.